The number of nitrogens with zero attached hydrogens (tertiary/aromatic N) is 3. The van der Waals surface area contributed by atoms with E-state index in [2.05, 4.69) is 34.6 Å². The van der Waals surface area contributed by atoms with Gasteiger partial charge in [0.25, 0.3) is 0 Å². The molecule has 6 nitrogen and oxygen atoms in total. The predicted molar refractivity (Wildman–Crippen MR) is 65.5 cm³/mol. The first kappa shape index (κ1) is 13.9. The first-order valence-corrected chi connectivity index (χ1v) is 9.19. The summed E-state index contributed by atoms with van der Waals surface area (Å²) in [5.41, 5.74) is 0.196. The summed E-state index contributed by atoms with van der Waals surface area (Å²) < 4.78 is 9.97. The van der Waals surface area contributed by atoms with E-state index in [9.17, 15) is 4.79 Å². The lowest BCUT2D eigenvalue weighted by Gasteiger charge is -2.14. The molecule has 0 saturated heterocycles. The van der Waals surface area contributed by atoms with Crippen molar-refractivity contribution >= 4 is 14.0 Å². The van der Waals surface area contributed by atoms with Crippen LogP contribution >= 0.6 is 0 Å². The number of ether oxygens (including phenoxy) is 2. The van der Waals surface area contributed by atoms with E-state index in [0.717, 1.165) is 6.04 Å². The Labute approximate surface area is 102 Å². The van der Waals surface area contributed by atoms with Crippen molar-refractivity contribution in [3.63, 3.8) is 0 Å². The smallest absolute Gasteiger partial charge is 0.360 e. The van der Waals surface area contributed by atoms with Gasteiger partial charge < -0.3 is 9.47 Å². The summed E-state index contributed by atoms with van der Waals surface area (Å²) in [6, 6.07) is 1.10. The molecule has 0 aliphatic carbocycles. The molecule has 1 rings (SSSR count). The van der Waals surface area contributed by atoms with Crippen LogP contribution in [0.2, 0.25) is 25.7 Å². The van der Waals surface area contributed by atoms with Crippen LogP contribution in [0.1, 0.15) is 10.5 Å². The van der Waals surface area contributed by atoms with Crippen molar-refractivity contribution in [1.82, 2.24) is 15.0 Å². The average molecular weight is 257 g/mol. The summed E-state index contributed by atoms with van der Waals surface area (Å²) in [5, 5.41) is 7.84. The molecule has 0 aliphatic rings. The fraction of sp³-hybridized carbons (Fsp3) is 0.700. The highest BCUT2D eigenvalue weighted by Gasteiger charge is 2.13. The SMILES string of the molecule is COC(=O)c1cnn(COCC[Si](C)(C)C)n1. The van der Waals surface area contributed by atoms with Crippen LogP contribution < -0.4 is 0 Å². The molecule has 0 spiro atoms. The Morgan fingerprint density at radius 1 is 1.47 bits per heavy atom. The van der Waals surface area contributed by atoms with Crippen molar-refractivity contribution in [2.45, 2.75) is 32.4 Å². The zero-order valence-electron chi connectivity index (χ0n) is 10.8. The Bertz CT molecular complexity index is 373. The van der Waals surface area contributed by atoms with Gasteiger partial charge in [-0.15, -0.1) is 5.10 Å². The molecule has 0 unspecified atom stereocenters. The fourth-order valence-corrected chi connectivity index (χ4v) is 1.84. The first-order valence-electron chi connectivity index (χ1n) is 5.48. The van der Waals surface area contributed by atoms with Crippen LogP contribution in [0.3, 0.4) is 0 Å². The lowest BCUT2D eigenvalue weighted by atomic mass is 10.5. The highest BCUT2D eigenvalue weighted by molar-refractivity contribution is 6.76. The molecule has 0 atom stereocenters. The van der Waals surface area contributed by atoms with Crippen molar-refractivity contribution in [2.75, 3.05) is 13.7 Å². The van der Waals surface area contributed by atoms with Crippen molar-refractivity contribution in [2.24, 2.45) is 0 Å². The number of methoxy groups -OCH3 is 1. The zero-order chi connectivity index (χ0) is 12.9. The van der Waals surface area contributed by atoms with Gasteiger partial charge in [-0.05, 0) is 6.04 Å². The molecule has 0 aliphatic heterocycles. The van der Waals surface area contributed by atoms with E-state index in [1.807, 2.05) is 0 Å². The number of carbonyl (C=O) groups is 1. The number of carbonyl (C=O) groups excluding carboxylic acids is 1. The van der Waals surface area contributed by atoms with Crippen LogP contribution in [-0.2, 0) is 16.2 Å². The number of aromatic nitrogens is 3. The van der Waals surface area contributed by atoms with Gasteiger partial charge in [-0.25, -0.2) is 4.79 Å². The summed E-state index contributed by atoms with van der Waals surface area (Å²) in [6.45, 7) is 7.83. The minimum absolute atomic E-state index is 0.196. The number of hydrogen-bond acceptors (Lipinski definition) is 5. The van der Waals surface area contributed by atoms with Gasteiger partial charge in [-0.3, -0.25) is 0 Å². The summed E-state index contributed by atoms with van der Waals surface area (Å²) in [7, 11) is 0.248. The summed E-state index contributed by atoms with van der Waals surface area (Å²) in [4.78, 5) is 12.5. The third kappa shape index (κ3) is 5.09. The van der Waals surface area contributed by atoms with E-state index in [1.54, 1.807) is 0 Å². The quantitative estimate of drug-likeness (QED) is 0.437. The van der Waals surface area contributed by atoms with Gasteiger partial charge in [0.2, 0.25) is 0 Å². The molecule has 0 amide bonds. The van der Waals surface area contributed by atoms with E-state index in [0.29, 0.717) is 6.61 Å². The Balaban J connectivity index is 2.33. The summed E-state index contributed by atoms with van der Waals surface area (Å²) in [5.74, 6) is -0.488. The summed E-state index contributed by atoms with van der Waals surface area (Å²) >= 11 is 0. The molecule has 17 heavy (non-hydrogen) atoms. The average Bonchev–Trinajstić information content (AvgIpc) is 2.70. The maximum Gasteiger partial charge on any atom is 0.360 e. The van der Waals surface area contributed by atoms with Gasteiger partial charge in [0.1, 0.15) is 0 Å². The molecular formula is C10H19N3O3Si. The van der Waals surface area contributed by atoms with Gasteiger partial charge >= 0.3 is 5.97 Å². The predicted octanol–water partition coefficient (Wildman–Crippen LogP) is 1.38. The summed E-state index contributed by atoms with van der Waals surface area (Å²) in [6.07, 6.45) is 1.37. The largest absolute Gasteiger partial charge is 0.464 e. The zero-order valence-corrected chi connectivity index (χ0v) is 11.8. The van der Waals surface area contributed by atoms with Crippen LogP contribution in [0.15, 0.2) is 6.20 Å². The molecular weight excluding hydrogens is 238 g/mol. The lowest BCUT2D eigenvalue weighted by molar-refractivity contribution is 0.0575. The van der Waals surface area contributed by atoms with E-state index >= 15 is 0 Å². The van der Waals surface area contributed by atoms with Gasteiger partial charge in [0.05, 0.1) is 13.3 Å². The highest BCUT2D eigenvalue weighted by atomic mass is 28.3. The van der Waals surface area contributed by atoms with Crippen LogP contribution in [0.25, 0.3) is 0 Å². The van der Waals surface area contributed by atoms with Gasteiger partial charge in [0.15, 0.2) is 12.4 Å². The maximum absolute atomic E-state index is 11.1. The minimum atomic E-state index is -1.06. The molecule has 1 aromatic heterocycles. The van der Waals surface area contributed by atoms with Crippen molar-refractivity contribution in [3.05, 3.63) is 11.9 Å². The van der Waals surface area contributed by atoms with Crippen LogP contribution in [0, 0.1) is 0 Å². The third-order valence-corrected chi connectivity index (χ3v) is 3.84. The number of esters is 1. The van der Waals surface area contributed by atoms with E-state index in [1.165, 1.54) is 18.1 Å². The Morgan fingerprint density at radius 3 is 2.76 bits per heavy atom. The molecule has 0 N–H and O–H groups in total. The lowest BCUT2D eigenvalue weighted by Crippen LogP contribution is -2.22. The fourth-order valence-electron chi connectivity index (χ4n) is 1.08. The van der Waals surface area contributed by atoms with Crippen molar-refractivity contribution < 1.29 is 14.3 Å². The van der Waals surface area contributed by atoms with Crippen LogP contribution in [0.4, 0.5) is 0 Å². The number of rotatable bonds is 6. The van der Waals surface area contributed by atoms with Gasteiger partial charge in [-0.1, -0.05) is 19.6 Å². The second kappa shape index (κ2) is 5.92. The van der Waals surface area contributed by atoms with Crippen LogP contribution in [0.5, 0.6) is 0 Å². The van der Waals surface area contributed by atoms with Gasteiger partial charge in [0, 0.05) is 14.7 Å². The first-order chi connectivity index (χ1) is 7.92. The highest BCUT2D eigenvalue weighted by Crippen LogP contribution is 2.07. The molecule has 1 heterocycles. The molecule has 1 aromatic rings. The van der Waals surface area contributed by atoms with Gasteiger partial charge in [-0.2, -0.15) is 9.90 Å². The second-order valence-corrected chi connectivity index (χ2v) is 10.6. The van der Waals surface area contributed by atoms with Crippen molar-refractivity contribution in [1.29, 1.82) is 0 Å². The molecule has 0 bridgehead atoms. The topological polar surface area (TPSA) is 66.2 Å². The standard InChI is InChI=1S/C10H19N3O3Si/c1-15-10(14)9-7-11-13(12-9)8-16-5-6-17(2,3)4/h7H,5-6,8H2,1-4H3. The Kier molecular flexibility index (Phi) is 4.82. The normalized spacial score (nSPS) is 11.5. The Morgan fingerprint density at radius 2 is 2.18 bits per heavy atom. The Hall–Kier alpha value is -1.21. The molecule has 0 fully saturated rings. The monoisotopic (exact) mass is 257 g/mol. The van der Waals surface area contributed by atoms with Crippen molar-refractivity contribution in [3.8, 4) is 0 Å². The molecule has 0 aromatic carbocycles. The molecule has 96 valence electrons. The van der Waals surface area contributed by atoms with E-state index < -0.39 is 14.0 Å². The van der Waals surface area contributed by atoms with E-state index in [-0.39, 0.29) is 12.4 Å². The van der Waals surface area contributed by atoms with E-state index in [4.69, 9.17) is 4.74 Å². The number of hydrogen-bond donors (Lipinski definition) is 0. The molecule has 0 saturated carbocycles. The second-order valence-electron chi connectivity index (χ2n) is 4.94. The maximum atomic E-state index is 11.1. The third-order valence-electron chi connectivity index (χ3n) is 2.13. The molecule has 0 radical (unpaired) electrons. The molecule has 7 heteroatoms. The van der Waals surface area contributed by atoms with Crippen LogP contribution in [-0.4, -0.2) is 42.8 Å². The minimum Gasteiger partial charge on any atom is -0.464 e.